The van der Waals surface area contributed by atoms with Crippen LogP contribution in [-0.4, -0.2) is 57.9 Å². The number of carbonyl (C=O) groups excluding carboxylic acids is 2. The minimum atomic E-state index is -0.279. The number of amides is 2. The van der Waals surface area contributed by atoms with Gasteiger partial charge in [0.25, 0.3) is 11.8 Å². The molecule has 8 nitrogen and oxygen atoms in total. The Morgan fingerprint density at radius 1 is 1.09 bits per heavy atom. The first kappa shape index (κ1) is 20.8. The van der Waals surface area contributed by atoms with E-state index >= 15 is 0 Å². The molecule has 2 aromatic carbocycles. The summed E-state index contributed by atoms with van der Waals surface area (Å²) >= 11 is 0. The molecule has 4 N–H and O–H groups in total. The normalized spacial score (nSPS) is 24.8. The standard InChI is InChI=1S/C24H27N3O5/c1-26-24(29)17-9-14(23(28)27-21-19-10-30-11-20(19)21)8-16-18(12-32-22(16)17)13-2-4-15(5-3-13)31-7-6-25/h2-5,8-9,18-21H,6-7,10-12,25H2,1H3,(H,26,29)(H,27,28)/t18?,19-,20?,21?/m0/s1. The van der Waals surface area contributed by atoms with Crippen molar-refractivity contribution in [2.75, 3.05) is 40.0 Å². The molecule has 2 fully saturated rings. The van der Waals surface area contributed by atoms with E-state index < -0.39 is 0 Å². The average molecular weight is 437 g/mol. The Balaban J connectivity index is 1.43. The molecule has 3 unspecified atom stereocenters. The van der Waals surface area contributed by atoms with Crippen LogP contribution in [-0.2, 0) is 4.74 Å². The van der Waals surface area contributed by atoms with Crippen molar-refractivity contribution >= 4 is 11.8 Å². The van der Waals surface area contributed by atoms with Crippen LogP contribution in [0.15, 0.2) is 36.4 Å². The lowest BCUT2D eigenvalue weighted by Gasteiger charge is -2.14. The predicted molar refractivity (Wildman–Crippen MR) is 117 cm³/mol. The number of ether oxygens (including phenoxy) is 3. The maximum absolute atomic E-state index is 13.0. The highest BCUT2D eigenvalue weighted by Gasteiger charge is 2.54. The van der Waals surface area contributed by atoms with Gasteiger partial charge in [0, 0.05) is 48.5 Å². The SMILES string of the molecule is CNC(=O)c1cc(C(=O)NC2C3COC[C@@H]32)cc2c1OCC2c1ccc(OCCN)cc1. The summed E-state index contributed by atoms with van der Waals surface area (Å²) in [6, 6.07) is 11.4. The highest BCUT2D eigenvalue weighted by atomic mass is 16.5. The van der Waals surface area contributed by atoms with Gasteiger partial charge in [-0.25, -0.2) is 0 Å². The number of hydrogen-bond donors (Lipinski definition) is 3. The fraction of sp³-hybridized carbons (Fsp3) is 0.417. The van der Waals surface area contributed by atoms with Gasteiger partial charge in [-0.2, -0.15) is 0 Å². The van der Waals surface area contributed by atoms with E-state index in [-0.39, 0.29) is 23.8 Å². The molecule has 2 aliphatic heterocycles. The van der Waals surface area contributed by atoms with Crippen LogP contribution < -0.4 is 25.8 Å². The molecule has 2 aromatic rings. The second-order valence-electron chi connectivity index (χ2n) is 8.46. The second-order valence-corrected chi connectivity index (χ2v) is 8.46. The van der Waals surface area contributed by atoms with Crippen molar-refractivity contribution < 1.29 is 23.8 Å². The van der Waals surface area contributed by atoms with Gasteiger partial charge in [0.1, 0.15) is 18.1 Å². The predicted octanol–water partition coefficient (Wildman–Crippen LogP) is 1.28. The number of rotatable bonds is 7. The minimum Gasteiger partial charge on any atom is -0.492 e. The van der Waals surface area contributed by atoms with Crippen molar-refractivity contribution in [3.63, 3.8) is 0 Å². The Morgan fingerprint density at radius 2 is 1.84 bits per heavy atom. The Kier molecular flexibility index (Phi) is 5.48. The van der Waals surface area contributed by atoms with Gasteiger partial charge < -0.3 is 30.6 Å². The fourth-order valence-electron chi connectivity index (χ4n) is 4.70. The summed E-state index contributed by atoms with van der Waals surface area (Å²) in [5.41, 5.74) is 8.20. The van der Waals surface area contributed by atoms with Crippen LogP contribution in [0.4, 0.5) is 0 Å². The van der Waals surface area contributed by atoms with Crippen LogP contribution in [0.2, 0.25) is 0 Å². The highest BCUT2D eigenvalue weighted by Crippen LogP contribution is 2.45. The summed E-state index contributed by atoms with van der Waals surface area (Å²) < 4.78 is 16.9. The molecule has 2 amide bonds. The molecule has 1 saturated carbocycles. The van der Waals surface area contributed by atoms with Crippen molar-refractivity contribution in [3.8, 4) is 11.5 Å². The van der Waals surface area contributed by atoms with Gasteiger partial charge in [-0.15, -0.1) is 0 Å². The summed E-state index contributed by atoms with van der Waals surface area (Å²) in [5, 5.41) is 5.76. The number of nitrogens with two attached hydrogens (primary N) is 1. The number of fused-ring (bicyclic) bond motifs is 2. The van der Waals surface area contributed by atoms with E-state index in [0.717, 1.165) is 16.9 Å². The van der Waals surface area contributed by atoms with Gasteiger partial charge in [-0.05, 0) is 29.8 Å². The molecule has 168 valence electrons. The third-order valence-corrected chi connectivity index (χ3v) is 6.54. The van der Waals surface area contributed by atoms with Crippen LogP contribution >= 0.6 is 0 Å². The molecule has 3 aliphatic rings. The van der Waals surface area contributed by atoms with Gasteiger partial charge in [-0.3, -0.25) is 9.59 Å². The van der Waals surface area contributed by atoms with Crippen molar-refractivity contribution in [1.29, 1.82) is 0 Å². The van der Waals surface area contributed by atoms with E-state index in [1.807, 2.05) is 30.3 Å². The van der Waals surface area contributed by atoms with Crippen LogP contribution in [0.25, 0.3) is 0 Å². The number of carbonyl (C=O) groups is 2. The van der Waals surface area contributed by atoms with Crippen molar-refractivity contribution in [1.82, 2.24) is 10.6 Å². The molecule has 2 heterocycles. The van der Waals surface area contributed by atoms with Gasteiger partial charge in [-0.1, -0.05) is 12.1 Å². The smallest absolute Gasteiger partial charge is 0.254 e. The van der Waals surface area contributed by atoms with Gasteiger partial charge in [0.15, 0.2) is 0 Å². The maximum atomic E-state index is 13.0. The number of hydrogen-bond acceptors (Lipinski definition) is 6. The van der Waals surface area contributed by atoms with E-state index in [2.05, 4.69) is 10.6 Å². The maximum Gasteiger partial charge on any atom is 0.254 e. The molecule has 1 saturated heterocycles. The number of nitrogens with one attached hydrogen (secondary N) is 2. The zero-order valence-electron chi connectivity index (χ0n) is 17.9. The third-order valence-electron chi connectivity index (χ3n) is 6.54. The zero-order valence-corrected chi connectivity index (χ0v) is 17.9. The third kappa shape index (κ3) is 3.69. The highest BCUT2D eigenvalue weighted by molar-refractivity contribution is 6.02. The molecule has 4 atom stereocenters. The fourth-order valence-corrected chi connectivity index (χ4v) is 4.70. The number of benzene rings is 2. The topological polar surface area (TPSA) is 112 Å². The van der Waals surface area contributed by atoms with E-state index in [4.69, 9.17) is 19.9 Å². The van der Waals surface area contributed by atoms with Gasteiger partial charge in [0.2, 0.25) is 0 Å². The molecular formula is C24H27N3O5. The first-order valence-electron chi connectivity index (χ1n) is 10.9. The Hall–Kier alpha value is -3.10. The van der Waals surface area contributed by atoms with Crippen LogP contribution in [0, 0.1) is 11.8 Å². The van der Waals surface area contributed by atoms with Crippen LogP contribution in [0.3, 0.4) is 0 Å². The molecule has 1 aliphatic carbocycles. The summed E-state index contributed by atoms with van der Waals surface area (Å²) in [4.78, 5) is 25.6. The molecule has 32 heavy (non-hydrogen) atoms. The molecule has 0 radical (unpaired) electrons. The first-order chi connectivity index (χ1) is 15.6. The minimum absolute atomic E-state index is 0.0848. The van der Waals surface area contributed by atoms with Crippen molar-refractivity contribution in [3.05, 3.63) is 58.7 Å². The summed E-state index contributed by atoms with van der Waals surface area (Å²) in [6.07, 6.45) is 0. The zero-order chi connectivity index (χ0) is 22.2. The van der Waals surface area contributed by atoms with E-state index in [0.29, 0.717) is 61.7 Å². The lowest BCUT2D eigenvalue weighted by Crippen LogP contribution is -2.30. The molecule has 0 aromatic heterocycles. The molecule has 0 bridgehead atoms. The molecule has 5 rings (SSSR count). The Bertz CT molecular complexity index is 1030. The Labute approximate surface area is 186 Å². The monoisotopic (exact) mass is 437 g/mol. The Morgan fingerprint density at radius 3 is 2.53 bits per heavy atom. The van der Waals surface area contributed by atoms with Gasteiger partial charge >= 0.3 is 0 Å². The quantitative estimate of drug-likeness (QED) is 0.602. The molecule has 0 spiro atoms. The summed E-state index contributed by atoms with van der Waals surface area (Å²) in [5.74, 6) is 1.55. The summed E-state index contributed by atoms with van der Waals surface area (Å²) in [6.45, 7) is 2.71. The lowest BCUT2D eigenvalue weighted by molar-refractivity contribution is 0.0929. The average Bonchev–Trinajstić information content (AvgIpc) is 3.18. The molecule has 8 heteroatoms. The molecular weight excluding hydrogens is 410 g/mol. The van der Waals surface area contributed by atoms with E-state index in [1.54, 1.807) is 13.1 Å². The van der Waals surface area contributed by atoms with E-state index in [1.165, 1.54) is 0 Å². The van der Waals surface area contributed by atoms with Crippen LogP contribution in [0.5, 0.6) is 11.5 Å². The lowest BCUT2D eigenvalue weighted by atomic mass is 9.90. The van der Waals surface area contributed by atoms with Crippen molar-refractivity contribution in [2.45, 2.75) is 12.0 Å². The van der Waals surface area contributed by atoms with Crippen molar-refractivity contribution in [2.24, 2.45) is 17.6 Å². The second kappa shape index (κ2) is 8.44. The summed E-state index contributed by atoms with van der Waals surface area (Å²) in [7, 11) is 1.57. The first-order valence-corrected chi connectivity index (χ1v) is 10.9. The van der Waals surface area contributed by atoms with Gasteiger partial charge in [0.05, 0.1) is 25.4 Å². The largest absolute Gasteiger partial charge is 0.492 e. The van der Waals surface area contributed by atoms with Crippen LogP contribution in [0.1, 0.15) is 37.8 Å². The van der Waals surface area contributed by atoms with E-state index in [9.17, 15) is 9.59 Å².